The zero-order valence-electron chi connectivity index (χ0n) is 21.8. The minimum atomic E-state index is -1.39. The smallest absolute Gasteiger partial charge is 0.260 e. The third kappa shape index (κ3) is 4.00. The SMILES string of the molecule is CNC(=O)c1c(C)oc2cc(Oc3ccnn4cc(C(=O)N5CC[C@](O)(c6nc(C)no6)C5)c(C)c34)ccc12. The summed E-state index contributed by atoms with van der Waals surface area (Å²) in [4.78, 5) is 31.5. The van der Waals surface area contributed by atoms with Gasteiger partial charge in [-0.05, 0) is 38.5 Å². The zero-order chi connectivity index (χ0) is 27.5. The summed E-state index contributed by atoms with van der Waals surface area (Å²) in [6.07, 6.45) is 3.53. The molecule has 5 aromatic rings. The van der Waals surface area contributed by atoms with Crippen LogP contribution < -0.4 is 10.1 Å². The van der Waals surface area contributed by atoms with Crippen LogP contribution in [0.25, 0.3) is 16.5 Å². The summed E-state index contributed by atoms with van der Waals surface area (Å²) >= 11 is 0. The number of benzene rings is 1. The lowest BCUT2D eigenvalue weighted by Gasteiger charge is -2.19. The molecule has 1 saturated heterocycles. The molecule has 0 radical (unpaired) electrons. The Morgan fingerprint density at radius 3 is 2.77 bits per heavy atom. The number of aromatic nitrogens is 4. The van der Waals surface area contributed by atoms with E-state index in [-0.39, 0.29) is 30.7 Å². The Balaban J connectivity index is 1.30. The molecule has 5 heterocycles. The molecular formula is C27H26N6O6. The summed E-state index contributed by atoms with van der Waals surface area (Å²) in [6, 6.07) is 6.98. The second kappa shape index (κ2) is 8.95. The van der Waals surface area contributed by atoms with Gasteiger partial charge in [0.15, 0.2) is 17.2 Å². The Hall–Kier alpha value is -4.71. The molecule has 39 heavy (non-hydrogen) atoms. The summed E-state index contributed by atoms with van der Waals surface area (Å²) < 4.78 is 18.8. The highest BCUT2D eigenvalue weighted by molar-refractivity contribution is 6.07. The maximum atomic E-state index is 13.5. The lowest BCUT2D eigenvalue weighted by molar-refractivity contribution is 0.0136. The van der Waals surface area contributed by atoms with E-state index in [2.05, 4.69) is 20.6 Å². The number of nitrogens with zero attached hydrogens (tertiary/aromatic N) is 5. The van der Waals surface area contributed by atoms with Gasteiger partial charge in [0.25, 0.3) is 17.7 Å². The highest BCUT2D eigenvalue weighted by Gasteiger charge is 2.44. The van der Waals surface area contributed by atoms with E-state index in [1.807, 2.05) is 6.92 Å². The first-order chi connectivity index (χ1) is 18.7. The molecular weight excluding hydrogens is 504 g/mol. The summed E-state index contributed by atoms with van der Waals surface area (Å²) in [5.74, 6) is 1.57. The topological polar surface area (TPSA) is 148 Å². The molecule has 1 atom stereocenters. The highest BCUT2D eigenvalue weighted by atomic mass is 16.5. The molecule has 6 rings (SSSR count). The van der Waals surface area contributed by atoms with Crippen molar-refractivity contribution in [2.24, 2.45) is 0 Å². The van der Waals surface area contributed by atoms with Crippen LogP contribution in [0.2, 0.25) is 0 Å². The normalized spacial score (nSPS) is 17.3. The number of β-amino-alcohol motifs (C(OH)–C–C–N with tert-alkyl or cyclic N) is 1. The molecule has 2 N–H and O–H groups in total. The molecule has 12 nitrogen and oxygen atoms in total. The minimum absolute atomic E-state index is 0.0382. The van der Waals surface area contributed by atoms with Crippen LogP contribution in [0.1, 0.15) is 50.2 Å². The molecule has 2 amide bonds. The highest BCUT2D eigenvalue weighted by Crippen LogP contribution is 2.36. The monoisotopic (exact) mass is 530 g/mol. The third-order valence-corrected chi connectivity index (χ3v) is 7.10. The molecule has 0 bridgehead atoms. The van der Waals surface area contributed by atoms with E-state index in [9.17, 15) is 14.7 Å². The van der Waals surface area contributed by atoms with Crippen molar-refractivity contribution in [3.8, 4) is 11.5 Å². The number of likely N-dealkylation sites (tertiary alicyclic amines) is 1. The van der Waals surface area contributed by atoms with E-state index in [0.717, 1.165) is 0 Å². The summed E-state index contributed by atoms with van der Waals surface area (Å²) in [5.41, 5.74) is 1.37. The average molecular weight is 531 g/mol. The van der Waals surface area contributed by atoms with Gasteiger partial charge in [-0.1, -0.05) is 5.16 Å². The van der Waals surface area contributed by atoms with E-state index in [1.165, 1.54) is 0 Å². The number of hydrogen-bond donors (Lipinski definition) is 2. The lowest BCUT2D eigenvalue weighted by Crippen LogP contribution is -2.34. The molecule has 0 spiro atoms. The van der Waals surface area contributed by atoms with Crippen molar-refractivity contribution in [1.29, 1.82) is 0 Å². The molecule has 1 fully saturated rings. The van der Waals surface area contributed by atoms with Gasteiger partial charge in [-0.15, -0.1) is 0 Å². The molecule has 0 unspecified atom stereocenters. The molecule has 1 aromatic carbocycles. The largest absolute Gasteiger partial charge is 0.460 e. The average Bonchev–Trinajstić information content (AvgIpc) is 3.68. The summed E-state index contributed by atoms with van der Waals surface area (Å²) in [6.45, 7) is 5.61. The van der Waals surface area contributed by atoms with E-state index < -0.39 is 5.60 Å². The fourth-order valence-electron chi connectivity index (χ4n) is 5.12. The fraction of sp³-hybridized carbons (Fsp3) is 0.296. The van der Waals surface area contributed by atoms with Gasteiger partial charge in [-0.25, -0.2) is 4.52 Å². The second-order valence-electron chi connectivity index (χ2n) is 9.68. The van der Waals surface area contributed by atoms with Crippen LogP contribution in [0.4, 0.5) is 0 Å². The van der Waals surface area contributed by atoms with Gasteiger partial charge >= 0.3 is 0 Å². The van der Waals surface area contributed by atoms with Crippen molar-refractivity contribution in [2.45, 2.75) is 32.8 Å². The first-order valence-corrected chi connectivity index (χ1v) is 12.4. The van der Waals surface area contributed by atoms with Crippen LogP contribution in [0.3, 0.4) is 0 Å². The molecule has 1 aliphatic rings. The van der Waals surface area contributed by atoms with Crippen molar-refractivity contribution in [3.05, 3.63) is 70.8 Å². The van der Waals surface area contributed by atoms with Gasteiger partial charge < -0.3 is 29.0 Å². The maximum Gasteiger partial charge on any atom is 0.260 e. The van der Waals surface area contributed by atoms with Gasteiger partial charge in [0.05, 0.1) is 23.9 Å². The molecule has 200 valence electrons. The summed E-state index contributed by atoms with van der Waals surface area (Å²) in [7, 11) is 1.57. The van der Waals surface area contributed by atoms with E-state index in [4.69, 9.17) is 13.7 Å². The first kappa shape index (κ1) is 24.6. The number of aryl methyl sites for hydroxylation is 3. The number of rotatable bonds is 5. The van der Waals surface area contributed by atoms with Gasteiger partial charge in [0.1, 0.15) is 22.6 Å². The van der Waals surface area contributed by atoms with Crippen molar-refractivity contribution in [2.75, 3.05) is 20.1 Å². The van der Waals surface area contributed by atoms with Crippen LogP contribution in [-0.4, -0.2) is 61.7 Å². The quantitative estimate of drug-likeness (QED) is 0.349. The number of nitrogens with one attached hydrogen (secondary N) is 1. The Labute approximate surface area is 222 Å². The van der Waals surface area contributed by atoms with Crippen LogP contribution in [0.5, 0.6) is 11.5 Å². The standard InChI is InChI=1S/C27H26N6O6/c1-14-19(25(35)32-10-8-27(36,13-32)26-30-16(3)31-39-26)12-33-23(14)20(7-9-29-33)38-17-5-6-18-21(11-17)37-15(2)22(18)24(34)28-4/h5-7,9,11-12,36H,8,10,13H2,1-4H3,(H,28,34)/t27-/m1/s1. The van der Waals surface area contributed by atoms with Gasteiger partial charge in [0, 0.05) is 43.7 Å². The number of amides is 2. The van der Waals surface area contributed by atoms with Gasteiger partial charge in [-0.3, -0.25) is 9.59 Å². The molecule has 12 heteroatoms. The second-order valence-corrected chi connectivity index (χ2v) is 9.68. The third-order valence-electron chi connectivity index (χ3n) is 7.10. The van der Waals surface area contributed by atoms with Crippen molar-refractivity contribution in [1.82, 2.24) is 30.0 Å². The van der Waals surface area contributed by atoms with Crippen LogP contribution in [-0.2, 0) is 5.60 Å². The van der Waals surface area contributed by atoms with Crippen LogP contribution in [0, 0.1) is 20.8 Å². The van der Waals surface area contributed by atoms with Crippen molar-refractivity contribution in [3.63, 3.8) is 0 Å². The maximum absolute atomic E-state index is 13.5. The molecule has 1 aliphatic heterocycles. The van der Waals surface area contributed by atoms with Crippen molar-refractivity contribution >= 4 is 28.3 Å². The number of hydrogen-bond acceptors (Lipinski definition) is 9. The first-order valence-electron chi connectivity index (χ1n) is 12.4. The number of aliphatic hydroxyl groups is 1. The Kier molecular flexibility index (Phi) is 5.65. The number of fused-ring (bicyclic) bond motifs is 2. The Bertz CT molecular complexity index is 1770. The number of carbonyl (C=O) groups is 2. The number of furan rings is 1. The van der Waals surface area contributed by atoms with E-state index >= 15 is 0 Å². The van der Waals surface area contributed by atoms with Gasteiger partial charge in [0.2, 0.25) is 0 Å². The minimum Gasteiger partial charge on any atom is -0.460 e. The predicted octanol–water partition coefficient (Wildman–Crippen LogP) is 3.27. The summed E-state index contributed by atoms with van der Waals surface area (Å²) in [5, 5.41) is 22.5. The van der Waals surface area contributed by atoms with E-state index in [1.54, 1.807) is 67.0 Å². The van der Waals surface area contributed by atoms with Gasteiger partial charge in [-0.2, -0.15) is 10.1 Å². The fourth-order valence-corrected chi connectivity index (χ4v) is 5.12. The van der Waals surface area contributed by atoms with Crippen LogP contribution >= 0.6 is 0 Å². The molecule has 4 aromatic heterocycles. The Morgan fingerprint density at radius 2 is 2.03 bits per heavy atom. The Morgan fingerprint density at radius 1 is 1.21 bits per heavy atom. The van der Waals surface area contributed by atoms with Crippen LogP contribution in [0.15, 0.2) is 45.6 Å². The lowest BCUT2D eigenvalue weighted by atomic mass is 10.0. The molecule has 0 aliphatic carbocycles. The molecule has 0 saturated carbocycles. The van der Waals surface area contributed by atoms with E-state index in [0.29, 0.717) is 62.8 Å². The zero-order valence-corrected chi connectivity index (χ0v) is 21.8. The predicted molar refractivity (Wildman–Crippen MR) is 138 cm³/mol. The van der Waals surface area contributed by atoms with Crippen molar-refractivity contribution < 1.29 is 28.4 Å². The number of carbonyl (C=O) groups excluding carboxylic acids is 2. The number of ether oxygens (including phenoxy) is 1.